The highest BCUT2D eigenvalue weighted by molar-refractivity contribution is 5.90. The number of amides is 2. The number of anilines is 1. The van der Waals surface area contributed by atoms with Gasteiger partial charge in [-0.3, -0.25) is 4.98 Å². The Hall–Kier alpha value is -4.89. The molecule has 0 bridgehead atoms. The van der Waals surface area contributed by atoms with E-state index in [0.717, 1.165) is 33.3 Å². The van der Waals surface area contributed by atoms with Crippen molar-refractivity contribution in [3.8, 4) is 23.0 Å². The van der Waals surface area contributed by atoms with E-state index in [1.54, 1.807) is 24.5 Å². The van der Waals surface area contributed by atoms with E-state index in [0.29, 0.717) is 17.8 Å². The van der Waals surface area contributed by atoms with Crippen LogP contribution in [0.4, 0.5) is 14.9 Å². The van der Waals surface area contributed by atoms with Crippen LogP contribution in [-0.2, 0) is 6.54 Å². The van der Waals surface area contributed by atoms with Crippen molar-refractivity contribution in [2.24, 2.45) is 0 Å². The number of nitrogens with one attached hydrogen (secondary N) is 3. The molecule has 170 valence electrons. The van der Waals surface area contributed by atoms with Gasteiger partial charge in [0.2, 0.25) is 0 Å². The molecule has 2 heterocycles. The van der Waals surface area contributed by atoms with Gasteiger partial charge in [0.1, 0.15) is 5.82 Å². The molecule has 0 aliphatic heterocycles. The van der Waals surface area contributed by atoms with Crippen LogP contribution >= 0.6 is 0 Å². The van der Waals surface area contributed by atoms with Gasteiger partial charge in [0.15, 0.2) is 0 Å². The van der Waals surface area contributed by atoms with Gasteiger partial charge in [-0.2, -0.15) is 0 Å². The summed E-state index contributed by atoms with van der Waals surface area (Å²) in [5.74, 6) is 5.93. The number of hydrogen-bond donors (Lipinski definition) is 3. The Bertz CT molecular complexity index is 1510. The number of hydrogen-bond acceptors (Lipinski definition) is 2. The number of para-hydroxylation sites is 1. The predicted octanol–water partition coefficient (Wildman–Crippen LogP) is 6.09. The molecular weight excluding hydrogens is 439 g/mol. The van der Waals surface area contributed by atoms with Gasteiger partial charge in [0.25, 0.3) is 0 Å². The SMILES string of the molecule is O=C(NCc1cc2ccccc2[nH]1)Nc1ccc(-c2ccncc2)c(C#Cc2ccc(F)cc2)c1. The van der Waals surface area contributed by atoms with E-state index in [2.05, 4.69) is 32.4 Å². The molecule has 0 saturated heterocycles. The zero-order chi connectivity index (χ0) is 24.0. The van der Waals surface area contributed by atoms with Crippen molar-refractivity contribution in [2.75, 3.05) is 5.32 Å². The first-order valence-corrected chi connectivity index (χ1v) is 11.1. The molecule has 3 aromatic carbocycles. The summed E-state index contributed by atoms with van der Waals surface area (Å²) in [4.78, 5) is 19.9. The molecule has 2 aromatic heterocycles. The summed E-state index contributed by atoms with van der Waals surface area (Å²) in [5, 5.41) is 6.85. The lowest BCUT2D eigenvalue weighted by Crippen LogP contribution is -2.28. The van der Waals surface area contributed by atoms with Gasteiger partial charge in [-0.1, -0.05) is 36.1 Å². The van der Waals surface area contributed by atoms with Crippen LogP contribution < -0.4 is 10.6 Å². The Kier molecular flexibility index (Phi) is 6.23. The smallest absolute Gasteiger partial charge is 0.319 e. The number of fused-ring (bicyclic) bond motifs is 1. The average Bonchev–Trinajstić information content (AvgIpc) is 3.31. The molecule has 5 rings (SSSR count). The summed E-state index contributed by atoms with van der Waals surface area (Å²) in [6.07, 6.45) is 3.44. The molecule has 0 saturated carbocycles. The maximum absolute atomic E-state index is 13.2. The maximum atomic E-state index is 13.2. The lowest BCUT2D eigenvalue weighted by Gasteiger charge is -2.10. The summed E-state index contributed by atoms with van der Waals surface area (Å²) < 4.78 is 13.2. The number of urea groups is 1. The molecule has 5 nitrogen and oxygen atoms in total. The number of aromatic amines is 1. The van der Waals surface area contributed by atoms with E-state index in [1.807, 2.05) is 60.7 Å². The van der Waals surface area contributed by atoms with E-state index in [9.17, 15) is 9.18 Å². The van der Waals surface area contributed by atoms with Gasteiger partial charge in [0, 0.05) is 40.4 Å². The number of carbonyl (C=O) groups is 1. The topological polar surface area (TPSA) is 69.8 Å². The molecule has 0 aliphatic rings. The lowest BCUT2D eigenvalue weighted by molar-refractivity contribution is 0.251. The highest BCUT2D eigenvalue weighted by atomic mass is 19.1. The van der Waals surface area contributed by atoms with Crippen LogP contribution in [0.15, 0.2) is 97.3 Å². The Morgan fingerprint density at radius 3 is 2.51 bits per heavy atom. The molecule has 2 amide bonds. The van der Waals surface area contributed by atoms with Crippen molar-refractivity contribution in [1.82, 2.24) is 15.3 Å². The number of nitrogens with zero attached hydrogens (tertiary/aromatic N) is 1. The van der Waals surface area contributed by atoms with E-state index < -0.39 is 0 Å². The fraction of sp³-hybridized carbons (Fsp3) is 0.0345. The number of halogens is 1. The molecule has 3 N–H and O–H groups in total. The third kappa shape index (κ3) is 5.37. The van der Waals surface area contributed by atoms with Crippen molar-refractivity contribution in [1.29, 1.82) is 0 Å². The molecule has 0 spiro atoms. The predicted molar refractivity (Wildman–Crippen MR) is 136 cm³/mol. The first-order chi connectivity index (χ1) is 17.1. The average molecular weight is 461 g/mol. The Labute approximate surface area is 202 Å². The normalized spacial score (nSPS) is 10.4. The maximum Gasteiger partial charge on any atom is 0.319 e. The second kappa shape index (κ2) is 9.94. The van der Waals surface area contributed by atoms with Crippen molar-refractivity contribution in [2.45, 2.75) is 6.54 Å². The molecule has 0 unspecified atom stereocenters. The summed E-state index contributed by atoms with van der Waals surface area (Å²) in [6, 6.07) is 25.1. The largest absolute Gasteiger partial charge is 0.357 e. The monoisotopic (exact) mass is 460 g/mol. The Morgan fingerprint density at radius 1 is 0.914 bits per heavy atom. The molecule has 6 heteroatoms. The van der Waals surface area contributed by atoms with Gasteiger partial charge in [-0.15, -0.1) is 0 Å². The van der Waals surface area contributed by atoms with Gasteiger partial charge in [-0.25, -0.2) is 9.18 Å². The standard InChI is InChI=1S/C29H21FN4O/c30-24-9-6-20(7-10-24)5-8-22-17-25(11-12-27(22)21-13-15-31-16-14-21)34-29(35)32-19-26-18-23-3-1-2-4-28(23)33-26/h1-4,6-7,9-18,33H,19H2,(H2,32,34,35). The lowest BCUT2D eigenvalue weighted by atomic mass is 10.00. The third-order valence-electron chi connectivity index (χ3n) is 5.48. The molecule has 0 fully saturated rings. The first-order valence-electron chi connectivity index (χ1n) is 11.1. The van der Waals surface area contributed by atoms with Crippen LogP contribution in [0.5, 0.6) is 0 Å². The zero-order valence-corrected chi connectivity index (χ0v) is 18.7. The van der Waals surface area contributed by atoms with Crippen LogP contribution in [0.2, 0.25) is 0 Å². The van der Waals surface area contributed by atoms with Crippen molar-refractivity contribution >= 4 is 22.6 Å². The van der Waals surface area contributed by atoms with Crippen molar-refractivity contribution in [3.05, 3.63) is 120 Å². The number of aromatic nitrogens is 2. The molecule has 0 radical (unpaired) electrons. The highest BCUT2D eigenvalue weighted by Crippen LogP contribution is 2.26. The van der Waals surface area contributed by atoms with Crippen molar-refractivity contribution in [3.63, 3.8) is 0 Å². The Morgan fingerprint density at radius 2 is 1.71 bits per heavy atom. The van der Waals surface area contributed by atoms with Crippen LogP contribution in [0.25, 0.3) is 22.0 Å². The van der Waals surface area contributed by atoms with Gasteiger partial charge >= 0.3 is 6.03 Å². The fourth-order valence-electron chi connectivity index (χ4n) is 3.76. The summed E-state index contributed by atoms with van der Waals surface area (Å²) in [5.41, 5.74) is 5.85. The second-order valence-electron chi connectivity index (χ2n) is 7.94. The van der Waals surface area contributed by atoms with E-state index in [4.69, 9.17) is 0 Å². The van der Waals surface area contributed by atoms with Gasteiger partial charge < -0.3 is 15.6 Å². The fourth-order valence-corrected chi connectivity index (χ4v) is 3.76. The number of benzene rings is 3. The van der Waals surface area contributed by atoms with Gasteiger partial charge in [-0.05, 0) is 77.2 Å². The highest BCUT2D eigenvalue weighted by Gasteiger charge is 2.08. The second-order valence-corrected chi connectivity index (χ2v) is 7.94. The van der Waals surface area contributed by atoms with E-state index >= 15 is 0 Å². The number of H-pyrrole nitrogens is 1. The summed E-state index contributed by atoms with van der Waals surface area (Å²) in [7, 11) is 0. The third-order valence-corrected chi connectivity index (χ3v) is 5.48. The Balaban J connectivity index is 1.35. The van der Waals surface area contributed by atoms with Crippen LogP contribution in [0.3, 0.4) is 0 Å². The van der Waals surface area contributed by atoms with Crippen LogP contribution in [0, 0.1) is 17.7 Å². The van der Waals surface area contributed by atoms with E-state index in [-0.39, 0.29) is 11.8 Å². The minimum atomic E-state index is -0.322. The molecule has 0 atom stereocenters. The number of carbonyl (C=O) groups excluding carboxylic acids is 1. The first kappa shape index (κ1) is 21.9. The minimum Gasteiger partial charge on any atom is -0.357 e. The quantitative estimate of drug-likeness (QED) is 0.284. The summed E-state index contributed by atoms with van der Waals surface area (Å²) in [6.45, 7) is 0.368. The zero-order valence-electron chi connectivity index (χ0n) is 18.7. The van der Waals surface area contributed by atoms with Gasteiger partial charge in [0.05, 0.1) is 6.54 Å². The molecule has 35 heavy (non-hydrogen) atoms. The summed E-state index contributed by atoms with van der Waals surface area (Å²) >= 11 is 0. The molecule has 0 aliphatic carbocycles. The van der Waals surface area contributed by atoms with Crippen LogP contribution in [-0.4, -0.2) is 16.0 Å². The van der Waals surface area contributed by atoms with E-state index in [1.165, 1.54) is 12.1 Å². The van der Waals surface area contributed by atoms with Crippen molar-refractivity contribution < 1.29 is 9.18 Å². The minimum absolute atomic E-state index is 0.308. The number of pyridine rings is 1. The molecule has 5 aromatic rings. The van der Waals surface area contributed by atoms with Crippen LogP contribution in [0.1, 0.15) is 16.8 Å². The molecular formula is C29H21FN4O. The number of rotatable bonds is 4.